The van der Waals surface area contributed by atoms with E-state index in [4.69, 9.17) is 16.3 Å². The molecule has 138 valence electrons. The van der Waals surface area contributed by atoms with Crippen LogP contribution in [-0.4, -0.2) is 40.0 Å². The third-order valence-electron chi connectivity index (χ3n) is 5.30. The molecule has 2 aliphatic carbocycles. The van der Waals surface area contributed by atoms with Gasteiger partial charge in [0.25, 0.3) is 0 Å². The van der Waals surface area contributed by atoms with Gasteiger partial charge in [0.05, 0.1) is 18.4 Å². The lowest BCUT2D eigenvalue weighted by Crippen LogP contribution is -2.39. The largest absolute Gasteiger partial charge is 0.496 e. The molecule has 2 aromatic rings. The number of carbonyl (C=O) groups is 1. The van der Waals surface area contributed by atoms with Gasteiger partial charge in [0.1, 0.15) is 5.75 Å². The van der Waals surface area contributed by atoms with Crippen molar-refractivity contribution in [2.24, 2.45) is 11.8 Å². The van der Waals surface area contributed by atoms with Crippen LogP contribution < -0.4 is 10.1 Å². The van der Waals surface area contributed by atoms with E-state index in [9.17, 15) is 4.79 Å². The van der Waals surface area contributed by atoms with Gasteiger partial charge in [-0.25, -0.2) is 4.98 Å². The van der Waals surface area contributed by atoms with E-state index in [0.29, 0.717) is 39.5 Å². The predicted molar refractivity (Wildman–Crippen MR) is 101 cm³/mol. The number of carbonyl (C=O) groups excluding carboxylic acids is 1. The molecule has 0 spiro atoms. The minimum atomic E-state index is 0.0548. The van der Waals surface area contributed by atoms with Crippen LogP contribution in [0.3, 0.4) is 0 Å². The maximum Gasteiger partial charge on any atom is 0.230 e. The van der Waals surface area contributed by atoms with Crippen LogP contribution >= 0.6 is 23.4 Å². The van der Waals surface area contributed by atoms with Crippen LogP contribution in [0.4, 0.5) is 0 Å². The van der Waals surface area contributed by atoms with Crippen molar-refractivity contribution in [1.82, 2.24) is 20.5 Å². The molecule has 26 heavy (non-hydrogen) atoms. The number of thioether (sulfide) groups is 1. The van der Waals surface area contributed by atoms with Gasteiger partial charge in [0.15, 0.2) is 5.82 Å². The van der Waals surface area contributed by atoms with Crippen molar-refractivity contribution < 1.29 is 9.53 Å². The van der Waals surface area contributed by atoms with E-state index in [-0.39, 0.29) is 5.91 Å². The number of H-pyrrole nitrogens is 1. The zero-order valence-corrected chi connectivity index (χ0v) is 16.1. The van der Waals surface area contributed by atoms with Crippen molar-refractivity contribution >= 4 is 29.3 Å². The summed E-state index contributed by atoms with van der Waals surface area (Å²) in [4.78, 5) is 16.7. The van der Waals surface area contributed by atoms with Crippen LogP contribution in [0.5, 0.6) is 5.75 Å². The Kier molecular flexibility index (Phi) is 5.09. The van der Waals surface area contributed by atoms with Crippen molar-refractivity contribution in [3.63, 3.8) is 0 Å². The molecule has 6 nitrogen and oxygen atoms in total. The molecule has 0 unspecified atom stereocenters. The number of amides is 1. The molecule has 3 atom stereocenters. The monoisotopic (exact) mass is 392 g/mol. The highest BCUT2D eigenvalue weighted by molar-refractivity contribution is 7.99. The van der Waals surface area contributed by atoms with Crippen LogP contribution in [0.15, 0.2) is 23.4 Å². The van der Waals surface area contributed by atoms with Gasteiger partial charge in [0.2, 0.25) is 11.1 Å². The SMILES string of the molecule is COc1ccc(Cl)cc1-c1nc(SCC(=O)N[C@@H]2C[C@H]3CC[C@@H]2C3)n[nH]1. The molecule has 4 rings (SSSR count). The van der Waals surface area contributed by atoms with Gasteiger partial charge < -0.3 is 10.1 Å². The molecule has 1 heterocycles. The van der Waals surface area contributed by atoms with Crippen LogP contribution in [0.2, 0.25) is 5.02 Å². The Morgan fingerprint density at radius 1 is 1.42 bits per heavy atom. The fourth-order valence-electron chi connectivity index (χ4n) is 4.10. The quantitative estimate of drug-likeness (QED) is 0.735. The highest BCUT2D eigenvalue weighted by Gasteiger charge is 2.40. The summed E-state index contributed by atoms with van der Waals surface area (Å²) >= 11 is 7.39. The highest BCUT2D eigenvalue weighted by Crippen LogP contribution is 2.44. The van der Waals surface area contributed by atoms with Gasteiger partial charge in [-0.3, -0.25) is 9.89 Å². The van der Waals surface area contributed by atoms with Crippen molar-refractivity contribution in [2.75, 3.05) is 12.9 Å². The molecule has 0 aliphatic heterocycles. The molecular weight excluding hydrogens is 372 g/mol. The summed E-state index contributed by atoms with van der Waals surface area (Å²) in [5.41, 5.74) is 0.741. The summed E-state index contributed by atoms with van der Waals surface area (Å²) < 4.78 is 5.34. The number of rotatable bonds is 6. The lowest BCUT2D eigenvalue weighted by atomic mass is 9.95. The molecule has 2 aliphatic rings. The van der Waals surface area contributed by atoms with E-state index in [0.717, 1.165) is 17.9 Å². The zero-order chi connectivity index (χ0) is 18.1. The van der Waals surface area contributed by atoms with Crippen LogP contribution in [0.25, 0.3) is 11.4 Å². The molecule has 1 aromatic carbocycles. The lowest BCUT2D eigenvalue weighted by molar-refractivity contribution is -0.119. The molecule has 8 heteroatoms. The smallest absolute Gasteiger partial charge is 0.230 e. The normalized spacial score (nSPS) is 24.0. The van der Waals surface area contributed by atoms with E-state index >= 15 is 0 Å². The number of nitrogens with one attached hydrogen (secondary N) is 2. The number of nitrogens with zero attached hydrogens (tertiary/aromatic N) is 2. The van der Waals surface area contributed by atoms with E-state index in [1.165, 1.54) is 31.0 Å². The second-order valence-electron chi connectivity index (χ2n) is 6.95. The van der Waals surface area contributed by atoms with Crippen LogP contribution in [0, 0.1) is 11.8 Å². The Morgan fingerprint density at radius 2 is 2.31 bits per heavy atom. The third-order valence-corrected chi connectivity index (χ3v) is 6.38. The van der Waals surface area contributed by atoms with Gasteiger partial charge in [0, 0.05) is 11.1 Å². The van der Waals surface area contributed by atoms with Crippen molar-refractivity contribution in [3.05, 3.63) is 23.2 Å². The average Bonchev–Trinajstić information content (AvgIpc) is 3.37. The summed E-state index contributed by atoms with van der Waals surface area (Å²) in [6.07, 6.45) is 5.01. The Labute approximate surface area is 161 Å². The second-order valence-corrected chi connectivity index (χ2v) is 8.33. The Hall–Kier alpha value is -1.73. The summed E-state index contributed by atoms with van der Waals surface area (Å²) in [5, 5.41) is 11.4. The molecule has 0 saturated heterocycles. The minimum absolute atomic E-state index is 0.0548. The number of ether oxygens (including phenoxy) is 1. The van der Waals surface area contributed by atoms with E-state index in [1.807, 2.05) is 0 Å². The van der Waals surface area contributed by atoms with E-state index in [2.05, 4.69) is 20.5 Å². The van der Waals surface area contributed by atoms with Crippen molar-refractivity contribution in [1.29, 1.82) is 0 Å². The molecular formula is C18H21ClN4O2S. The minimum Gasteiger partial charge on any atom is -0.496 e. The maximum atomic E-state index is 12.2. The molecule has 0 radical (unpaired) electrons. The number of aromatic nitrogens is 3. The van der Waals surface area contributed by atoms with Crippen LogP contribution in [-0.2, 0) is 4.79 Å². The van der Waals surface area contributed by atoms with Gasteiger partial charge in [-0.1, -0.05) is 29.8 Å². The molecule has 2 fully saturated rings. The fourth-order valence-corrected chi connectivity index (χ4v) is 4.88. The summed E-state index contributed by atoms with van der Waals surface area (Å²) in [5.74, 6) is 3.11. The zero-order valence-electron chi connectivity index (χ0n) is 14.5. The first-order valence-corrected chi connectivity index (χ1v) is 10.2. The fraction of sp³-hybridized carbons (Fsp3) is 0.500. The van der Waals surface area contributed by atoms with Gasteiger partial charge in [-0.15, -0.1) is 5.10 Å². The Bertz CT molecular complexity index is 812. The standard InChI is InChI=1S/C18H21ClN4O2S/c1-25-15-5-4-12(19)8-13(15)17-21-18(23-22-17)26-9-16(24)20-14-7-10-2-3-11(14)6-10/h4-5,8,10-11,14H,2-3,6-7,9H2,1H3,(H,20,24)(H,21,22,23)/t10-,11+,14+/m0/s1. The summed E-state index contributed by atoms with van der Waals surface area (Å²) in [6.45, 7) is 0. The first-order chi connectivity index (χ1) is 12.6. The molecule has 2 N–H and O–H groups in total. The van der Waals surface area contributed by atoms with Gasteiger partial charge >= 0.3 is 0 Å². The highest BCUT2D eigenvalue weighted by atomic mass is 35.5. The molecule has 1 aromatic heterocycles. The average molecular weight is 393 g/mol. The Morgan fingerprint density at radius 3 is 3.04 bits per heavy atom. The lowest BCUT2D eigenvalue weighted by Gasteiger charge is -2.22. The predicted octanol–water partition coefficient (Wildman–Crippen LogP) is 3.53. The topological polar surface area (TPSA) is 79.9 Å². The first-order valence-electron chi connectivity index (χ1n) is 8.81. The van der Waals surface area contributed by atoms with Crippen molar-refractivity contribution in [2.45, 2.75) is 36.9 Å². The number of halogens is 1. The van der Waals surface area contributed by atoms with Crippen LogP contribution in [0.1, 0.15) is 25.7 Å². The number of aromatic amines is 1. The molecule has 2 saturated carbocycles. The Balaban J connectivity index is 1.35. The number of hydrogen-bond acceptors (Lipinski definition) is 5. The number of benzene rings is 1. The summed E-state index contributed by atoms with van der Waals surface area (Å²) in [6, 6.07) is 5.68. The second kappa shape index (κ2) is 7.48. The number of methoxy groups -OCH3 is 1. The van der Waals surface area contributed by atoms with Gasteiger partial charge in [-0.2, -0.15) is 0 Å². The van der Waals surface area contributed by atoms with E-state index < -0.39 is 0 Å². The van der Waals surface area contributed by atoms with E-state index in [1.54, 1.807) is 25.3 Å². The van der Waals surface area contributed by atoms with Gasteiger partial charge in [-0.05, 0) is 49.3 Å². The molecule has 1 amide bonds. The number of fused-ring (bicyclic) bond motifs is 2. The molecule has 2 bridgehead atoms. The maximum absolute atomic E-state index is 12.2. The third kappa shape index (κ3) is 3.69. The number of hydrogen-bond donors (Lipinski definition) is 2. The van der Waals surface area contributed by atoms with Crippen molar-refractivity contribution in [3.8, 4) is 17.1 Å². The first kappa shape index (κ1) is 17.7. The summed E-state index contributed by atoms with van der Waals surface area (Å²) in [7, 11) is 1.60.